The van der Waals surface area contributed by atoms with E-state index in [-0.39, 0.29) is 17.5 Å². The molecule has 0 fully saturated rings. The van der Waals surface area contributed by atoms with Gasteiger partial charge in [-0.05, 0) is 43.5 Å². The van der Waals surface area contributed by atoms with Crippen molar-refractivity contribution in [3.8, 4) is 0 Å². The van der Waals surface area contributed by atoms with E-state index in [1.165, 1.54) is 23.9 Å². The first-order valence-electron chi connectivity index (χ1n) is 6.38. The van der Waals surface area contributed by atoms with E-state index in [1.807, 2.05) is 0 Å². The van der Waals surface area contributed by atoms with Gasteiger partial charge in [0.15, 0.2) is 0 Å². The van der Waals surface area contributed by atoms with E-state index in [9.17, 15) is 9.18 Å². The quantitative estimate of drug-likeness (QED) is 0.880. The molecule has 1 aromatic carbocycles. The molecule has 0 bridgehead atoms. The van der Waals surface area contributed by atoms with Crippen LogP contribution in [0.1, 0.15) is 17.7 Å². The number of hydrogen-bond acceptors (Lipinski definition) is 4. The summed E-state index contributed by atoms with van der Waals surface area (Å²) in [5.74, 6) is 0.296. The summed E-state index contributed by atoms with van der Waals surface area (Å²) >= 11 is 1.35. The van der Waals surface area contributed by atoms with Crippen LogP contribution >= 0.6 is 11.8 Å². The van der Waals surface area contributed by atoms with Gasteiger partial charge in [-0.25, -0.2) is 4.39 Å². The topological polar surface area (TPSA) is 55.1 Å². The Labute approximate surface area is 119 Å². The largest absolute Gasteiger partial charge is 0.338 e. The van der Waals surface area contributed by atoms with Gasteiger partial charge in [-0.1, -0.05) is 5.16 Å². The number of aryl methyl sites for hydroxylation is 1. The fourth-order valence-corrected chi connectivity index (χ4v) is 2.87. The zero-order valence-corrected chi connectivity index (χ0v) is 11.5. The average Bonchev–Trinajstić information content (AvgIpc) is 3.03. The number of halogens is 1. The fraction of sp³-hybridized carbons (Fsp3) is 0.286. The van der Waals surface area contributed by atoms with Gasteiger partial charge in [-0.2, -0.15) is 0 Å². The van der Waals surface area contributed by atoms with Crippen LogP contribution in [-0.4, -0.2) is 16.8 Å². The van der Waals surface area contributed by atoms with E-state index in [0.717, 1.165) is 35.4 Å². The van der Waals surface area contributed by atoms with Crippen molar-refractivity contribution in [2.75, 3.05) is 11.1 Å². The number of anilines is 1. The third-order valence-corrected chi connectivity index (χ3v) is 4.16. The van der Waals surface area contributed by atoms with Gasteiger partial charge in [0, 0.05) is 10.5 Å². The monoisotopic (exact) mass is 292 g/mol. The average molecular weight is 292 g/mol. The highest BCUT2D eigenvalue weighted by molar-refractivity contribution is 8.00. The molecule has 0 aliphatic heterocycles. The minimum absolute atomic E-state index is 0.148. The second-order valence-electron chi connectivity index (χ2n) is 4.58. The molecule has 1 aromatic heterocycles. The van der Waals surface area contributed by atoms with Gasteiger partial charge in [0.25, 0.3) is 0 Å². The molecule has 2 aromatic rings. The van der Waals surface area contributed by atoms with Gasteiger partial charge in [-0.15, -0.1) is 11.8 Å². The van der Waals surface area contributed by atoms with Gasteiger partial charge in [0.05, 0.1) is 11.4 Å². The molecule has 3 rings (SSSR count). The first-order valence-corrected chi connectivity index (χ1v) is 7.36. The molecule has 1 N–H and O–H groups in total. The molecule has 1 amide bonds. The molecule has 104 valence electrons. The van der Waals surface area contributed by atoms with E-state index in [0.29, 0.717) is 5.88 Å². The highest BCUT2D eigenvalue weighted by Crippen LogP contribution is 2.28. The number of nitrogens with zero attached hydrogens (tertiary/aromatic N) is 1. The molecule has 1 heterocycles. The van der Waals surface area contributed by atoms with Crippen LogP contribution in [0.5, 0.6) is 0 Å². The Hall–Kier alpha value is -1.82. The Kier molecular flexibility index (Phi) is 3.73. The maximum atomic E-state index is 12.8. The maximum absolute atomic E-state index is 12.8. The van der Waals surface area contributed by atoms with Crippen LogP contribution in [0.2, 0.25) is 0 Å². The predicted molar refractivity (Wildman–Crippen MR) is 74.3 cm³/mol. The van der Waals surface area contributed by atoms with E-state index >= 15 is 0 Å². The third kappa shape index (κ3) is 2.85. The van der Waals surface area contributed by atoms with Crippen molar-refractivity contribution in [2.24, 2.45) is 0 Å². The van der Waals surface area contributed by atoms with Crippen LogP contribution in [0.4, 0.5) is 10.3 Å². The molecule has 0 saturated heterocycles. The van der Waals surface area contributed by atoms with E-state index in [4.69, 9.17) is 4.52 Å². The van der Waals surface area contributed by atoms with Gasteiger partial charge < -0.3 is 4.52 Å². The number of fused-ring (bicyclic) bond motifs is 1. The van der Waals surface area contributed by atoms with Gasteiger partial charge in [0.1, 0.15) is 5.82 Å². The second-order valence-corrected chi connectivity index (χ2v) is 5.63. The summed E-state index contributed by atoms with van der Waals surface area (Å²) in [5, 5.41) is 6.68. The van der Waals surface area contributed by atoms with Crippen LogP contribution in [-0.2, 0) is 17.6 Å². The molecular formula is C14H13FN2O2S. The van der Waals surface area contributed by atoms with Crippen LogP contribution in [0, 0.1) is 5.82 Å². The summed E-state index contributed by atoms with van der Waals surface area (Å²) < 4.78 is 17.9. The Morgan fingerprint density at radius 2 is 2.15 bits per heavy atom. The normalized spacial score (nSPS) is 13.2. The molecule has 0 atom stereocenters. The number of rotatable bonds is 4. The Bertz CT molecular complexity index is 625. The molecule has 20 heavy (non-hydrogen) atoms. The van der Waals surface area contributed by atoms with Crippen molar-refractivity contribution in [2.45, 2.75) is 24.2 Å². The third-order valence-electron chi connectivity index (χ3n) is 3.15. The van der Waals surface area contributed by atoms with E-state index in [2.05, 4.69) is 10.5 Å². The summed E-state index contributed by atoms with van der Waals surface area (Å²) in [6.07, 6.45) is 2.87. The van der Waals surface area contributed by atoms with Crippen molar-refractivity contribution in [3.05, 3.63) is 41.3 Å². The van der Waals surface area contributed by atoms with E-state index < -0.39 is 0 Å². The highest BCUT2D eigenvalue weighted by atomic mass is 32.2. The van der Waals surface area contributed by atoms with Gasteiger partial charge in [0.2, 0.25) is 11.8 Å². The second kappa shape index (κ2) is 5.66. The number of hydrogen-bond donors (Lipinski definition) is 1. The zero-order chi connectivity index (χ0) is 13.9. The molecule has 1 aliphatic rings. The Morgan fingerprint density at radius 3 is 2.95 bits per heavy atom. The summed E-state index contributed by atoms with van der Waals surface area (Å²) in [6, 6.07) is 6.06. The molecule has 1 aliphatic carbocycles. The molecule has 6 heteroatoms. The van der Waals surface area contributed by atoms with Crippen molar-refractivity contribution in [1.29, 1.82) is 0 Å². The molecule has 4 nitrogen and oxygen atoms in total. The predicted octanol–water partition coefficient (Wildman–Crippen LogP) is 3.03. The van der Waals surface area contributed by atoms with Crippen molar-refractivity contribution in [1.82, 2.24) is 5.16 Å². The molecular weight excluding hydrogens is 279 g/mol. The SMILES string of the molecule is O=C(CSc1ccc(F)cc1)Nc1onc2c1CCC2. The number of thioether (sulfide) groups is 1. The number of amides is 1. The van der Waals surface area contributed by atoms with Crippen LogP contribution in [0.15, 0.2) is 33.7 Å². The van der Waals surface area contributed by atoms with Crippen LogP contribution in [0.3, 0.4) is 0 Å². The molecule has 0 saturated carbocycles. The van der Waals surface area contributed by atoms with Crippen molar-refractivity contribution in [3.63, 3.8) is 0 Å². The summed E-state index contributed by atoms with van der Waals surface area (Å²) in [7, 11) is 0. The number of nitrogens with one attached hydrogen (secondary N) is 1. The number of benzene rings is 1. The van der Waals surface area contributed by atoms with Crippen LogP contribution in [0.25, 0.3) is 0 Å². The lowest BCUT2D eigenvalue weighted by molar-refractivity contribution is -0.113. The summed E-state index contributed by atoms with van der Waals surface area (Å²) in [5.41, 5.74) is 1.97. The first-order chi connectivity index (χ1) is 9.72. The number of aromatic nitrogens is 1. The van der Waals surface area contributed by atoms with Gasteiger partial charge in [-0.3, -0.25) is 10.1 Å². The standard InChI is InChI=1S/C14H13FN2O2S/c15-9-4-6-10(7-5-9)20-8-13(18)16-14-11-2-1-3-12(11)17-19-14/h4-7H,1-3,8H2,(H,16,18). The molecule has 0 unspecified atom stereocenters. The lowest BCUT2D eigenvalue weighted by Crippen LogP contribution is -2.14. The lowest BCUT2D eigenvalue weighted by atomic mass is 10.2. The zero-order valence-electron chi connectivity index (χ0n) is 10.7. The molecule has 0 radical (unpaired) electrons. The number of carbonyl (C=O) groups excluding carboxylic acids is 1. The van der Waals surface area contributed by atoms with Crippen LogP contribution < -0.4 is 5.32 Å². The fourth-order valence-electron chi connectivity index (χ4n) is 2.17. The van der Waals surface area contributed by atoms with Gasteiger partial charge >= 0.3 is 0 Å². The Morgan fingerprint density at radius 1 is 1.35 bits per heavy atom. The minimum Gasteiger partial charge on any atom is -0.338 e. The minimum atomic E-state index is -0.281. The Balaban J connectivity index is 1.56. The van der Waals surface area contributed by atoms with E-state index in [1.54, 1.807) is 12.1 Å². The molecule has 0 spiro atoms. The first kappa shape index (κ1) is 13.2. The summed E-state index contributed by atoms with van der Waals surface area (Å²) in [4.78, 5) is 12.7. The van der Waals surface area contributed by atoms with Crippen molar-refractivity contribution < 1.29 is 13.7 Å². The maximum Gasteiger partial charge on any atom is 0.237 e. The smallest absolute Gasteiger partial charge is 0.237 e. The number of carbonyl (C=O) groups is 1. The highest BCUT2D eigenvalue weighted by Gasteiger charge is 2.22. The van der Waals surface area contributed by atoms with Crippen molar-refractivity contribution >= 4 is 23.6 Å². The summed E-state index contributed by atoms with van der Waals surface area (Å²) in [6.45, 7) is 0. The lowest BCUT2D eigenvalue weighted by Gasteiger charge is -2.03.